The van der Waals surface area contributed by atoms with Crippen molar-refractivity contribution in [3.63, 3.8) is 0 Å². The molecule has 1 rings (SSSR count). The molecule has 0 radical (unpaired) electrons. The van der Waals surface area contributed by atoms with Gasteiger partial charge in [0, 0.05) is 6.07 Å². The maximum absolute atomic E-state index is 13.5. The third kappa shape index (κ3) is 4.55. The van der Waals surface area contributed by atoms with E-state index in [0.29, 0.717) is 6.07 Å². The second-order valence-electron chi connectivity index (χ2n) is 5.67. The first kappa shape index (κ1) is 24.1. The molecule has 0 aromatic carbocycles. The smallest absolute Gasteiger partial charge is 0.460 e. The van der Waals surface area contributed by atoms with Gasteiger partial charge in [-0.3, -0.25) is 4.79 Å². The molecular formula is C13H13F8NO5S. The molecule has 0 bridgehead atoms. The molecule has 6 nitrogen and oxygen atoms in total. The Morgan fingerprint density at radius 2 is 1.71 bits per heavy atom. The third-order valence-electron chi connectivity index (χ3n) is 3.33. The van der Waals surface area contributed by atoms with Crippen molar-refractivity contribution in [3.05, 3.63) is 11.8 Å². The average molecular weight is 447 g/mol. The minimum Gasteiger partial charge on any atom is -0.468 e. The molecule has 0 aliphatic carbocycles. The van der Waals surface area contributed by atoms with E-state index in [-0.39, 0.29) is 5.76 Å². The quantitative estimate of drug-likeness (QED) is 0.446. The number of carbonyl (C=O) groups excluding carboxylic acids is 1. The summed E-state index contributed by atoms with van der Waals surface area (Å²) in [4.78, 5) is 11.7. The number of esters is 1. The number of carbonyl (C=O) groups is 1. The van der Waals surface area contributed by atoms with E-state index in [9.17, 15) is 44.1 Å². The molecule has 3 unspecified atom stereocenters. The highest BCUT2D eigenvalue weighted by Crippen LogP contribution is 2.49. The Hall–Kier alpha value is -1.93. The number of aromatic nitrogens is 1. The minimum atomic E-state index is -6.82. The van der Waals surface area contributed by atoms with Crippen LogP contribution in [-0.4, -0.2) is 46.0 Å². The van der Waals surface area contributed by atoms with Crippen LogP contribution in [0.3, 0.4) is 0 Å². The summed E-state index contributed by atoms with van der Waals surface area (Å²) in [5.41, 5.74) is -4.56. The lowest BCUT2D eigenvalue weighted by atomic mass is 9.93. The Morgan fingerprint density at radius 1 is 1.18 bits per heavy atom. The van der Waals surface area contributed by atoms with E-state index in [1.165, 1.54) is 0 Å². The summed E-state index contributed by atoms with van der Waals surface area (Å²) in [7, 11) is 1.04. The molecule has 1 heterocycles. The van der Waals surface area contributed by atoms with Gasteiger partial charge in [-0.05, 0) is 11.1 Å². The molecule has 162 valence electrons. The maximum atomic E-state index is 13.5. The molecule has 0 amide bonds. The lowest BCUT2D eigenvalue weighted by molar-refractivity contribution is -0.359. The highest BCUT2D eigenvalue weighted by Gasteiger charge is 2.77. The molecule has 0 aliphatic heterocycles. The predicted octanol–water partition coefficient (Wildman–Crippen LogP) is 3.76. The highest BCUT2D eigenvalue weighted by atomic mass is 32.2. The SMILES string of the molecule is COC(=O)C(c1cc(OS(=O)C(F)C(F)(F)C(F)(F)C(F)(F)F)no1)C(C)C. The van der Waals surface area contributed by atoms with Gasteiger partial charge in [0.2, 0.25) is 0 Å². The average Bonchev–Trinajstić information content (AvgIpc) is 3.00. The van der Waals surface area contributed by atoms with Gasteiger partial charge in [0.1, 0.15) is 5.92 Å². The number of nitrogens with zero attached hydrogens (tertiary/aromatic N) is 1. The van der Waals surface area contributed by atoms with Crippen molar-refractivity contribution >= 4 is 17.0 Å². The largest absolute Gasteiger partial charge is 0.468 e. The van der Waals surface area contributed by atoms with Crippen molar-refractivity contribution in [2.45, 2.75) is 43.3 Å². The number of methoxy groups -OCH3 is 1. The summed E-state index contributed by atoms with van der Waals surface area (Å²) in [6.07, 6.45) is -6.81. The van der Waals surface area contributed by atoms with E-state index in [1.807, 2.05) is 0 Å². The standard InChI is InChI=1S/C13H13F8NO5S/c1-5(2)8(9(23)25-3)6-4-7(22-26-6)27-28(24)10(14)11(15,16)12(17,18)13(19,20)21/h4-5,8,10H,1-3H3. The monoisotopic (exact) mass is 447 g/mol. The van der Waals surface area contributed by atoms with E-state index in [1.54, 1.807) is 13.8 Å². The van der Waals surface area contributed by atoms with Crippen LogP contribution in [0, 0.1) is 5.92 Å². The zero-order valence-electron chi connectivity index (χ0n) is 14.2. The fraction of sp³-hybridized carbons (Fsp3) is 0.692. The fourth-order valence-electron chi connectivity index (χ4n) is 1.88. The number of hydrogen-bond donors (Lipinski definition) is 0. The van der Waals surface area contributed by atoms with Crippen LogP contribution in [0.1, 0.15) is 25.5 Å². The van der Waals surface area contributed by atoms with Gasteiger partial charge in [0.15, 0.2) is 5.76 Å². The molecule has 0 aliphatic rings. The number of hydrogen-bond acceptors (Lipinski definition) is 6. The second kappa shape index (κ2) is 8.21. The molecule has 3 atom stereocenters. The molecule has 0 saturated heterocycles. The third-order valence-corrected chi connectivity index (χ3v) is 4.30. The van der Waals surface area contributed by atoms with Crippen LogP contribution >= 0.6 is 0 Å². The molecule has 0 saturated carbocycles. The summed E-state index contributed by atoms with van der Waals surface area (Å²) >= 11 is -4.02. The molecule has 0 N–H and O–H groups in total. The summed E-state index contributed by atoms with van der Waals surface area (Å²) in [6.45, 7) is 3.08. The Balaban J connectivity index is 3.03. The molecule has 1 aromatic heterocycles. The van der Waals surface area contributed by atoms with Gasteiger partial charge in [-0.15, -0.1) is 0 Å². The zero-order chi connectivity index (χ0) is 22.1. The predicted molar refractivity (Wildman–Crippen MR) is 75.7 cm³/mol. The van der Waals surface area contributed by atoms with Gasteiger partial charge in [0.05, 0.1) is 7.11 Å². The molecule has 28 heavy (non-hydrogen) atoms. The van der Waals surface area contributed by atoms with E-state index in [0.717, 1.165) is 7.11 Å². The van der Waals surface area contributed by atoms with Crippen LogP contribution in [0.2, 0.25) is 0 Å². The Morgan fingerprint density at radius 3 is 2.14 bits per heavy atom. The first-order valence-electron chi connectivity index (χ1n) is 7.17. The molecule has 0 spiro atoms. The molecule has 0 fully saturated rings. The van der Waals surface area contributed by atoms with Gasteiger partial charge in [-0.1, -0.05) is 13.8 Å². The van der Waals surface area contributed by atoms with E-state index in [2.05, 4.69) is 18.6 Å². The van der Waals surface area contributed by atoms with Gasteiger partial charge in [-0.25, -0.2) is 8.60 Å². The highest BCUT2D eigenvalue weighted by molar-refractivity contribution is 7.81. The lowest BCUT2D eigenvalue weighted by Gasteiger charge is -2.29. The van der Waals surface area contributed by atoms with Crippen molar-refractivity contribution in [1.29, 1.82) is 0 Å². The number of halogens is 8. The van der Waals surface area contributed by atoms with Crippen LogP contribution in [0.15, 0.2) is 10.6 Å². The molecule has 15 heteroatoms. The fourth-order valence-corrected chi connectivity index (χ4v) is 2.60. The summed E-state index contributed by atoms with van der Waals surface area (Å²) < 4.78 is 126. The second-order valence-corrected chi connectivity index (χ2v) is 6.77. The van der Waals surface area contributed by atoms with Crippen molar-refractivity contribution in [2.75, 3.05) is 7.11 Å². The first-order chi connectivity index (χ1) is 12.6. The van der Waals surface area contributed by atoms with Gasteiger partial charge in [-0.2, -0.15) is 30.7 Å². The minimum absolute atomic E-state index is 0.295. The summed E-state index contributed by atoms with van der Waals surface area (Å²) in [6, 6.07) is 0.701. The van der Waals surface area contributed by atoms with Gasteiger partial charge < -0.3 is 13.4 Å². The number of rotatable bonds is 8. The normalized spacial score (nSPS) is 16.6. The topological polar surface area (TPSA) is 78.6 Å². The maximum Gasteiger partial charge on any atom is 0.460 e. The van der Waals surface area contributed by atoms with Gasteiger partial charge >= 0.3 is 24.0 Å². The zero-order valence-corrected chi connectivity index (χ0v) is 15.0. The van der Waals surface area contributed by atoms with Crippen LogP contribution in [-0.2, 0) is 20.6 Å². The van der Waals surface area contributed by atoms with Crippen LogP contribution in [0.25, 0.3) is 0 Å². The van der Waals surface area contributed by atoms with Gasteiger partial charge in [0.25, 0.3) is 22.5 Å². The molecular weight excluding hydrogens is 434 g/mol. The number of alkyl halides is 8. The molecule has 1 aromatic rings. The van der Waals surface area contributed by atoms with Crippen molar-refractivity contribution in [1.82, 2.24) is 5.16 Å². The Kier molecular flexibility index (Phi) is 7.07. The Bertz CT molecular complexity index is 720. The van der Waals surface area contributed by atoms with E-state index in [4.69, 9.17) is 0 Å². The first-order valence-corrected chi connectivity index (χ1v) is 8.31. The Labute approximate surface area is 154 Å². The lowest BCUT2D eigenvalue weighted by Crippen LogP contribution is -2.57. The number of ether oxygens (including phenoxy) is 1. The van der Waals surface area contributed by atoms with E-state index >= 15 is 0 Å². The van der Waals surface area contributed by atoms with Crippen molar-refractivity contribution < 1.29 is 57.6 Å². The van der Waals surface area contributed by atoms with Crippen molar-refractivity contribution in [3.8, 4) is 5.88 Å². The summed E-state index contributed by atoms with van der Waals surface area (Å²) in [5.74, 6) is -16.9. The van der Waals surface area contributed by atoms with Crippen LogP contribution < -0.4 is 4.18 Å². The van der Waals surface area contributed by atoms with Crippen LogP contribution in [0.4, 0.5) is 35.1 Å². The van der Waals surface area contributed by atoms with Crippen molar-refractivity contribution in [2.24, 2.45) is 5.92 Å². The summed E-state index contributed by atoms with van der Waals surface area (Å²) in [5, 5.41) is 3.03. The van der Waals surface area contributed by atoms with E-state index < -0.39 is 58.3 Å². The van der Waals surface area contributed by atoms with Crippen LogP contribution in [0.5, 0.6) is 5.88 Å².